The van der Waals surface area contributed by atoms with Gasteiger partial charge in [0.15, 0.2) is 0 Å². The van der Waals surface area contributed by atoms with Gasteiger partial charge in [-0.1, -0.05) is 13.8 Å². The first-order chi connectivity index (χ1) is 7.99. The summed E-state index contributed by atoms with van der Waals surface area (Å²) in [5, 5.41) is 14.0. The molecule has 0 saturated heterocycles. The first-order valence-corrected chi connectivity index (χ1v) is 5.37. The highest BCUT2D eigenvalue weighted by Crippen LogP contribution is 2.09. The molecule has 0 spiro atoms. The van der Waals surface area contributed by atoms with E-state index in [0.29, 0.717) is 18.2 Å². The fourth-order valence-electron chi connectivity index (χ4n) is 1.17. The molecule has 1 rings (SSSR count). The molecule has 0 bridgehead atoms. The Morgan fingerprint density at radius 3 is 2.29 bits per heavy atom. The van der Waals surface area contributed by atoms with Crippen molar-refractivity contribution in [1.82, 2.24) is 5.32 Å². The molecule has 1 aromatic rings. The molecule has 0 unspecified atom stereocenters. The lowest BCUT2D eigenvalue weighted by Crippen LogP contribution is -2.31. The van der Waals surface area contributed by atoms with Crippen molar-refractivity contribution in [2.45, 2.75) is 13.8 Å². The lowest BCUT2D eigenvalue weighted by atomic mass is 10.2. The summed E-state index contributed by atoms with van der Waals surface area (Å²) in [5.74, 6) is -0.601. The van der Waals surface area contributed by atoms with Gasteiger partial charge >= 0.3 is 12.0 Å². The van der Waals surface area contributed by atoms with Crippen LogP contribution >= 0.6 is 0 Å². The number of anilines is 1. The van der Waals surface area contributed by atoms with Gasteiger partial charge in [0.25, 0.3) is 0 Å². The average Bonchev–Trinajstić information content (AvgIpc) is 2.27. The topological polar surface area (TPSA) is 78.4 Å². The summed E-state index contributed by atoms with van der Waals surface area (Å²) < 4.78 is 0. The van der Waals surface area contributed by atoms with Crippen molar-refractivity contribution in [1.29, 1.82) is 0 Å². The molecule has 92 valence electrons. The Morgan fingerprint density at radius 1 is 1.24 bits per heavy atom. The molecule has 0 aliphatic carbocycles. The molecule has 0 radical (unpaired) electrons. The molecule has 0 saturated carbocycles. The third kappa shape index (κ3) is 4.55. The van der Waals surface area contributed by atoms with E-state index in [0.717, 1.165) is 0 Å². The molecule has 3 N–H and O–H groups in total. The Morgan fingerprint density at radius 2 is 1.82 bits per heavy atom. The van der Waals surface area contributed by atoms with E-state index in [-0.39, 0.29) is 11.6 Å². The first kappa shape index (κ1) is 13.0. The van der Waals surface area contributed by atoms with E-state index in [4.69, 9.17) is 5.11 Å². The van der Waals surface area contributed by atoms with E-state index in [1.165, 1.54) is 12.1 Å². The summed E-state index contributed by atoms with van der Waals surface area (Å²) in [6.45, 7) is 4.60. The number of hydrogen-bond donors (Lipinski definition) is 3. The number of carboxylic acids is 1. The maximum absolute atomic E-state index is 11.4. The Hall–Kier alpha value is -2.04. The van der Waals surface area contributed by atoms with Crippen molar-refractivity contribution >= 4 is 17.7 Å². The van der Waals surface area contributed by atoms with E-state index >= 15 is 0 Å². The zero-order chi connectivity index (χ0) is 12.8. The van der Waals surface area contributed by atoms with Gasteiger partial charge in [-0.25, -0.2) is 9.59 Å². The summed E-state index contributed by atoms with van der Waals surface area (Å²) >= 11 is 0. The number of carboxylic acid groups (broad SMARTS) is 1. The maximum atomic E-state index is 11.4. The molecular weight excluding hydrogens is 220 g/mol. The Balaban J connectivity index is 2.51. The molecule has 0 aliphatic heterocycles. The van der Waals surface area contributed by atoms with Crippen molar-refractivity contribution in [3.63, 3.8) is 0 Å². The summed E-state index contributed by atoms with van der Waals surface area (Å²) in [6.07, 6.45) is 0. The smallest absolute Gasteiger partial charge is 0.335 e. The van der Waals surface area contributed by atoms with Gasteiger partial charge in [-0.15, -0.1) is 0 Å². The quantitative estimate of drug-likeness (QED) is 0.749. The normalized spacial score (nSPS) is 10.1. The van der Waals surface area contributed by atoms with Crippen molar-refractivity contribution in [2.24, 2.45) is 5.92 Å². The largest absolute Gasteiger partial charge is 0.478 e. The second-order valence-corrected chi connectivity index (χ2v) is 4.11. The lowest BCUT2D eigenvalue weighted by Gasteiger charge is -2.09. The van der Waals surface area contributed by atoms with Crippen LogP contribution in [-0.4, -0.2) is 23.7 Å². The summed E-state index contributed by atoms with van der Waals surface area (Å²) in [7, 11) is 0. The number of amides is 2. The predicted octanol–water partition coefficient (Wildman–Crippen LogP) is 2.16. The number of nitrogens with one attached hydrogen (secondary N) is 2. The second kappa shape index (κ2) is 5.89. The van der Waals surface area contributed by atoms with Crippen LogP contribution in [0.25, 0.3) is 0 Å². The SMILES string of the molecule is CC(C)CNC(=O)Nc1ccc(C(=O)O)cc1. The highest BCUT2D eigenvalue weighted by Gasteiger charge is 2.04. The van der Waals surface area contributed by atoms with Crippen molar-refractivity contribution in [2.75, 3.05) is 11.9 Å². The number of urea groups is 1. The molecule has 0 fully saturated rings. The zero-order valence-corrected chi connectivity index (χ0v) is 9.86. The van der Waals surface area contributed by atoms with Gasteiger partial charge in [0.2, 0.25) is 0 Å². The van der Waals surface area contributed by atoms with Gasteiger partial charge in [-0.05, 0) is 30.2 Å². The Labute approximate surface area is 99.8 Å². The van der Waals surface area contributed by atoms with Crippen LogP contribution in [0.4, 0.5) is 10.5 Å². The minimum atomic E-state index is -0.985. The van der Waals surface area contributed by atoms with E-state index in [2.05, 4.69) is 10.6 Å². The van der Waals surface area contributed by atoms with Crippen LogP contribution in [0.3, 0.4) is 0 Å². The van der Waals surface area contributed by atoms with Crippen LogP contribution < -0.4 is 10.6 Å². The lowest BCUT2D eigenvalue weighted by molar-refractivity contribution is 0.0697. The standard InChI is InChI=1S/C12H16N2O3/c1-8(2)7-13-12(17)14-10-5-3-9(4-6-10)11(15)16/h3-6,8H,7H2,1-2H3,(H,15,16)(H2,13,14,17). The molecular formula is C12H16N2O3. The molecule has 0 aliphatic rings. The second-order valence-electron chi connectivity index (χ2n) is 4.11. The number of carbonyl (C=O) groups is 2. The third-order valence-corrected chi connectivity index (χ3v) is 2.06. The number of hydrogen-bond acceptors (Lipinski definition) is 2. The van der Waals surface area contributed by atoms with Crippen LogP contribution in [0.5, 0.6) is 0 Å². The molecule has 5 nitrogen and oxygen atoms in total. The molecule has 2 amide bonds. The van der Waals surface area contributed by atoms with Gasteiger partial charge < -0.3 is 15.7 Å². The van der Waals surface area contributed by atoms with E-state index in [1.807, 2.05) is 13.8 Å². The Bertz CT molecular complexity index is 399. The first-order valence-electron chi connectivity index (χ1n) is 5.37. The predicted molar refractivity (Wildman–Crippen MR) is 65.3 cm³/mol. The molecule has 0 atom stereocenters. The zero-order valence-electron chi connectivity index (χ0n) is 9.86. The number of carbonyl (C=O) groups excluding carboxylic acids is 1. The fourth-order valence-corrected chi connectivity index (χ4v) is 1.17. The van der Waals surface area contributed by atoms with Crippen molar-refractivity contribution < 1.29 is 14.7 Å². The highest BCUT2D eigenvalue weighted by molar-refractivity contribution is 5.91. The minimum absolute atomic E-state index is 0.193. The molecule has 0 heterocycles. The van der Waals surface area contributed by atoms with E-state index in [1.54, 1.807) is 12.1 Å². The van der Waals surface area contributed by atoms with Crippen molar-refractivity contribution in [3.05, 3.63) is 29.8 Å². The summed E-state index contributed by atoms with van der Waals surface area (Å²) in [5.41, 5.74) is 0.759. The van der Waals surface area contributed by atoms with Gasteiger partial charge in [0.05, 0.1) is 5.56 Å². The Kier molecular flexibility index (Phi) is 4.51. The fraction of sp³-hybridized carbons (Fsp3) is 0.333. The van der Waals surface area contributed by atoms with E-state index in [9.17, 15) is 9.59 Å². The summed E-state index contributed by atoms with van der Waals surface area (Å²) in [6, 6.07) is 5.71. The third-order valence-electron chi connectivity index (χ3n) is 2.06. The maximum Gasteiger partial charge on any atom is 0.335 e. The van der Waals surface area contributed by atoms with Crippen molar-refractivity contribution in [3.8, 4) is 0 Å². The average molecular weight is 236 g/mol. The van der Waals surface area contributed by atoms with Crippen LogP contribution in [0.1, 0.15) is 24.2 Å². The van der Waals surface area contributed by atoms with Gasteiger partial charge in [0, 0.05) is 12.2 Å². The van der Waals surface area contributed by atoms with Crippen LogP contribution in [0.15, 0.2) is 24.3 Å². The number of aromatic carboxylic acids is 1. The van der Waals surface area contributed by atoms with Crippen LogP contribution in [0, 0.1) is 5.92 Å². The number of rotatable bonds is 4. The molecule has 5 heteroatoms. The van der Waals surface area contributed by atoms with E-state index < -0.39 is 5.97 Å². The highest BCUT2D eigenvalue weighted by atomic mass is 16.4. The van der Waals surface area contributed by atoms with Crippen LogP contribution in [0.2, 0.25) is 0 Å². The molecule has 17 heavy (non-hydrogen) atoms. The summed E-state index contributed by atoms with van der Waals surface area (Å²) in [4.78, 5) is 22.0. The van der Waals surface area contributed by atoms with Gasteiger partial charge in [-0.3, -0.25) is 0 Å². The van der Waals surface area contributed by atoms with Gasteiger partial charge in [0.1, 0.15) is 0 Å². The molecule has 0 aromatic heterocycles. The van der Waals surface area contributed by atoms with Crippen LogP contribution in [-0.2, 0) is 0 Å². The minimum Gasteiger partial charge on any atom is -0.478 e. The monoisotopic (exact) mass is 236 g/mol. The van der Waals surface area contributed by atoms with Gasteiger partial charge in [-0.2, -0.15) is 0 Å². The number of benzene rings is 1. The molecule has 1 aromatic carbocycles.